The molecule has 0 aliphatic rings. The van der Waals surface area contributed by atoms with Crippen LogP contribution in [0.5, 0.6) is 0 Å². The molecule has 2 aromatic rings. The first kappa shape index (κ1) is 16.8. The fourth-order valence-corrected chi connectivity index (χ4v) is 2.79. The summed E-state index contributed by atoms with van der Waals surface area (Å²) >= 11 is 7.31. The van der Waals surface area contributed by atoms with Crippen LogP contribution in [0.4, 0.5) is 0 Å². The van der Waals surface area contributed by atoms with Gasteiger partial charge in [-0.15, -0.1) is 10.2 Å². The zero-order chi connectivity index (χ0) is 15.9. The van der Waals surface area contributed by atoms with E-state index in [9.17, 15) is 4.79 Å². The van der Waals surface area contributed by atoms with Crippen LogP contribution in [0.25, 0.3) is 5.69 Å². The Labute approximate surface area is 138 Å². The number of ether oxygens (including phenoxy) is 1. The lowest BCUT2D eigenvalue weighted by molar-refractivity contribution is -0.119. The molecule has 0 fully saturated rings. The van der Waals surface area contributed by atoms with E-state index in [0.29, 0.717) is 16.8 Å². The van der Waals surface area contributed by atoms with Gasteiger partial charge in [0.15, 0.2) is 5.16 Å². The first-order valence-corrected chi connectivity index (χ1v) is 8.03. The van der Waals surface area contributed by atoms with Gasteiger partial charge in [0.25, 0.3) is 0 Å². The number of aromatic nitrogens is 3. The molecule has 1 N–H and O–H groups in total. The van der Waals surface area contributed by atoms with Gasteiger partial charge in [-0.1, -0.05) is 29.4 Å². The Kier molecular flexibility index (Phi) is 6.23. The molecule has 2 rings (SSSR count). The van der Waals surface area contributed by atoms with Gasteiger partial charge in [0.05, 0.1) is 18.0 Å². The molecule has 1 amide bonds. The van der Waals surface area contributed by atoms with Gasteiger partial charge >= 0.3 is 0 Å². The maximum atomic E-state index is 11.9. The first-order valence-electron chi connectivity index (χ1n) is 6.67. The van der Waals surface area contributed by atoms with Crippen LogP contribution in [0.15, 0.2) is 35.7 Å². The van der Waals surface area contributed by atoms with Crippen LogP contribution in [0.3, 0.4) is 0 Å². The molecule has 0 saturated carbocycles. The minimum atomic E-state index is -0.0739. The largest absolute Gasteiger partial charge is 0.383 e. The first-order chi connectivity index (χ1) is 10.6. The molecule has 0 aliphatic carbocycles. The van der Waals surface area contributed by atoms with Gasteiger partial charge in [0, 0.05) is 18.2 Å². The summed E-state index contributed by atoms with van der Waals surface area (Å²) in [5, 5.41) is 12.0. The van der Waals surface area contributed by atoms with E-state index in [1.807, 2.05) is 25.1 Å². The predicted octanol–water partition coefficient (Wildman–Crippen LogP) is 2.16. The molecular formula is C14H17ClN4O2S. The second-order valence-electron chi connectivity index (χ2n) is 4.68. The highest BCUT2D eigenvalue weighted by Crippen LogP contribution is 2.21. The minimum Gasteiger partial charge on any atom is -0.383 e. The lowest BCUT2D eigenvalue weighted by Crippen LogP contribution is -2.36. The summed E-state index contributed by atoms with van der Waals surface area (Å²) in [7, 11) is 1.60. The van der Waals surface area contributed by atoms with E-state index in [-0.39, 0.29) is 17.7 Å². The van der Waals surface area contributed by atoms with E-state index < -0.39 is 0 Å². The van der Waals surface area contributed by atoms with Crippen molar-refractivity contribution < 1.29 is 9.53 Å². The van der Waals surface area contributed by atoms with E-state index >= 15 is 0 Å². The van der Waals surface area contributed by atoms with Crippen LogP contribution >= 0.6 is 23.4 Å². The molecule has 6 nitrogen and oxygen atoms in total. The molecule has 0 radical (unpaired) electrons. The number of amides is 1. The number of nitrogens with one attached hydrogen (secondary N) is 1. The number of benzene rings is 1. The van der Waals surface area contributed by atoms with Crippen LogP contribution in [-0.4, -0.2) is 46.2 Å². The molecule has 1 unspecified atom stereocenters. The standard InChI is InChI=1S/C14H17ClN4O2S/c1-10(7-21-2)17-13(20)8-22-14-18-16-9-19(14)12-5-3-4-11(15)6-12/h3-6,9-10H,7-8H2,1-2H3,(H,17,20). The molecule has 0 spiro atoms. The van der Waals surface area contributed by atoms with Crippen molar-refractivity contribution in [2.75, 3.05) is 19.5 Å². The molecule has 8 heteroatoms. The number of nitrogens with zero attached hydrogens (tertiary/aromatic N) is 3. The van der Waals surface area contributed by atoms with Gasteiger partial charge < -0.3 is 10.1 Å². The Bertz CT molecular complexity index is 635. The Morgan fingerprint density at radius 2 is 2.36 bits per heavy atom. The smallest absolute Gasteiger partial charge is 0.230 e. The average Bonchev–Trinajstić information content (AvgIpc) is 2.93. The van der Waals surface area contributed by atoms with Crippen molar-refractivity contribution in [3.05, 3.63) is 35.6 Å². The summed E-state index contributed by atoms with van der Waals surface area (Å²) in [6, 6.07) is 7.34. The summed E-state index contributed by atoms with van der Waals surface area (Å²) in [6.07, 6.45) is 1.60. The van der Waals surface area contributed by atoms with E-state index in [4.69, 9.17) is 16.3 Å². The second-order valence-corrected chi connectivity index (χ2v) is 6.05. The van der Waals surface area contributed by atoms with Gasteiger partial charge in [-0.25, -0.2) is 0 Å². The molecule has 0 bridgehead atoms. The minimum absolute atomic E-state index is 0.0242. The fourth-order valence-electron chi connectivity index (χ4n) is 1.86. The van der Waals surface area contributed by atoms with Gasteiger partial charge in [0.1, 0.15) is 6.33 Å². The molecular weight excluding hydrogens is 324 g/mol. The number of methoxy groups -OCH3 is 1. The van der Waals surface area contributed by atoms with Crippen LogP contribution in [0, 0.1) is 0 Å². The van der Waals surface area contributed by atoms with Crippen molar-refractivity contribution in [2.24, 2.45) is 0 Å². The van der Waals surface area contributed by atoms with Crippen molar-refractivity contribution in [3.8, 4) is 5.69 Å². The number of thioether (sulfide) groups is 1. The van der Waals surface area contributed by atoms with Crippen molar-refractivity contribution >= 4 is 29.3 Å². The number of hydrogen-bond donors (Lipinski definition) is 1. The SMILES string of the molecule is COCC(C)NC(=O)CSc1nncn1-c1cccc(Cl)c1. The molecule has 1 aromatic heterocycles. The van der Waals surface area contributed by atoms with E-state index in [0.717, 1.165) is 5.69 Å². The average molecular weight is 341 g/mol. The van der Waals surface area contributed by atoms with Crippen molar-refractivity contribution in [2.45, 2.75) is 18.1 Å². The maximum absolute atomic E-state index is 11.9. The van der Waals surface area contributed by atoms with E-state index in [2.05, 4.69) is 15.5 Å². The highest BCUT2D eigenvalue weighted by Gasteiger charge is 2.12. The lowest BCUT2D eigenvalue weighted by atomic mass is 10.3. The monoisotopic (exact) mass is 340 g/mol. The zero-order valence-electron chi connectivity index (χ0n) is 12.3. The Morgan fingerprint density at radius 1 is 1.55 bits per heavy atom. The van der Waals surface area contributed by atoms with Crippen LogP contribution in [0.2, 0.25) is 5.02 Å². The number of carbonyl (C=O) groups is 1. The van der Waals surface area contributed by atoms with Gasteiger partial charge in [-0.3, -0.25) is 9.36 Å². The van der Waals surface area contributed by atoms with Crippen molar-refractivity contribution in [1.82, 2.24) is 20.1 Å². The lowest BCUT2D eigenvalue weighted by Gasteiger charge is -2.12. The second kappa shape index (κ2) is 8.17. The molecule has 0 aliphatic heterocycles. The number of carbonyl (C=O) groups excluding carboxylic acids is 1. The summed E-state index contributed by atoms with van der Waals surface area (Å²) in [6.45, 7) is 2.37. The summed E-state index contributed by atoms with van der Waals surface area (Å²) in [5.74, 6) is 0.183. The van der Waals surface area contributed by atoms with Crippen molar-refractivity contribution in [3.63, 3.8) is 0 Å². The predicted molar refractivity (Wildman–Crippen MR) is 86.6 cm³/mol. The third kappa shape index (κ3) is 4.72. The zero-order valence-corrected chi connectivity index (χ0v) is 13.9. The topological polar surface area (TPSA) is 69.0 Å². The Balaban J connectivity index is 1.97. The molecule has 1 heterocycles. The quantitative estimate of drug-likeness (QED) is 0.782. The van der Waals surface area contributed by atoms with Crippen LogP contribution < -0.4 is 5.32 Å². The van der Waals surface area contributed by atoms with Crippen LogP contribution in [0.1, 0.15) is 6.92 Å². The maximum Gasteiger partial charge on any atom is 0.230 e. The fraction of sp³-hybridized carbons (Fsp3) is 0.357. The molecule has 1 atom stereocenters. The van der Waals surface area contributed by atoms with Gasteiger partial charge in [0.2, 0.25) is 5.91 Å². The van der Waals surface area contributed by atoms with E-state index in [1.54, 1.807) is 24.1 Å². The molecule has 118 valence electrons. The number of rotatable bonds is 7. The van der Waals surface area contributed by atoms with Crippen LogP contribution in [-0.2, 0) is 9.53 Å². The van der Waals surface area contributed by atoms with Gasteiger partial charge in [-0.2, -0.15) is 0 Å². The normalized spacial score (nSPS) is 12.1. The number of hydrogen-bond acceptors (Lipinski definition) is 5. The highest BCUT2D eigenvalue weighted by atomic mass is 35.5. The third-order valence-electron chi connectivity index (χ3n) is 2.76. The summed E-state index contributed by atoms with van der Waals surface area (Å²) in [4.78, 5) is 11.9. The number of halogens is 1. The summed E-state index contributed by atoms with van der Waals surface area (Å²) in [5.41, 5.74) is 0.855. The third-order valence-corrected chi connectivity index (χ3v) is 3.94. The van der Waals surface area contributed by atoms with Crippen molar-refractivity contribution in [1.29, 1.82) is 0 Å². The van der Waals surface area contributed by atoms with E-state index in [1.165, 1.54) is 11.8 Å². The van der Waals surface area contributed by atoms with Gasteiger partial charge in [-0.05, 0) is 25.1 Å². The summed E-state index contributed by atoms with van der Waals surface area (Å²) < 4.78 is 6.78. The Hall–Kier alpha value is -1.57. The molecule has 22 heavy (non-hydrogen) atoms. The Morgan fingerprint density at radius 3 is 3.09 bits per heavy atom. The molecule has 0 saturated heterocycles. The molecule has 1 aromatic carbocycles. The highest BCUT2D eigenvalue weighted by molar-refractivity contribution is 7.99.